The Morgan fingerprint density at radius 1 is 1.33 bits per heavy atom. The van der Waals surface area contributed by atoms with Crippen LogP contribution in [0.5, 0.6) is 0 Å². The molecule has 21 heavy (non-hydrogen) atoms. The number of piperidine rings is 1. The molecule has 0 radical (unpaired) electrons. The second-order valence-electron chi connectivity index (χ2n) is 6.51. The van der Waals surface area contributed by atoms with Gasteiger partial charge < -0.3 is 10.6 Å². The molecule has 0 aromatic heterocycles. The molecule has 1 saturated carbocycles. The van der Waals surface area contributed by atoms with E-state index < -0.39 is 0 Å². The van der Waals surface area contributed by atoms with Crippen LogP contribution in [0.4, 0.5) is 0 Å². The molecule has 2 aliphatic rings. The zero-order chi connectivity index (χ0) is 14.9. The molecule has 1 aliphatic heterocycles. The molecule has 3 rings (SSSR count). The number of nitrogens with one attached hydrogen (secondary N) is 2. The molecule has 1 aliphatic carbocycles. The summed E-state index contributed by atoms with van der Waals surface area (Å²) in [6.45, 7) is 3.11. The lowest BCUT2D eigenvalue weighted by atomic mass is 9.71. The minimum Gasteiger partial charge on any atom is -0.346 e. The van der Waals surface area contributed by atoms with Gasteiger partial charge in [-0.1, -0.05) is 28.1 Å². The molecule has 1 amide bonds. The van der Waals surface area contributed by atoms with Crippen molar-refractivity contribution >= 4 is 21.8 Å². The molecule has 1 aromatic carbocycles. The molecule has 114 valence electrons. The molecule has 2 N–H and O–H groups in total. The Morgan fingerprint density at radius 2 is 2.05 bits per heavy atom. The van der Waals surface area contributed by atoms with E-state index in [1.165, 1.54) is 12.0 Å². The molecular weight excluding hydrogens is 328 g/mol. The molecule has 0 spiro atoms. The summed E-state index contributed by atoms with van der Waals surface area (Å²) in [5.41, 5.74) is 1.12. The second-order valence-corrected chi connectivity index (χ2v) is 7.42. The van der Waals surface area contributed by atoms with Crippen molar-refractivity contribution in [3.63, 3.8) is 0 Å². The van der Waals surface area contributed by atoms with Crippen molar-refractivity contribution in [3.8, 4) is 0 Å². The van der Waals surface area contributed by atoms with E-state index in [4.69, 9.17) is 0 Å². The molecule has 0 bridgehead atoms. The van der Waals surface area contributed by atoms with Gasteiger partial charge in [0.2, 0.25) is 5.91 Å². The van der Waals surface area contributed by atoms with Crippen molar-refractivity contribution in [2.45, 2.75) is 50.6 Å². The Kier molecular flexibility index (Phi) is 4.36. The SMILES string of the molecule is C[C@H]1C[C@@H](C(=O)NC2(c3ccc(Br)cc3)CCC2)CCN1. The van der Waals surface area contributed by atoms with Crippen LogP contribution in [-0.2, 0) is 10.3 Å². The Bertz CT molecular complexity index is 510. The molecule has 1 saturated heterocycles. The van der Waals surface area contributed by atoms with Gasteiger partial charge in [-0.2, -0.15) is 0 Å². The summed E-state index contributed by atoms with van der Waals surface area (Å²) >= 11 is 3.48. The maximum atomic E-state index is 12.6. The Labute approximate surface area is 135 Å². The first kappa shape index (κ1) is 15.0. The summed E-state index contributed by atoms with van der Waals surface area (Å²) in [5, 5.41) is 6.78. The first-order chi connectivity index (χ1) is 10.1. The lowest BCUT2D eigenvalue weighted by Crippen LogP contribution is -2.54. The molecule has 1 aromatic rings. The van der Waals surface area contributed by atoms with Crippen molar-refractivity contribution < 1.29 is 4.79 Å². The van der Waals surface area contributed by atoms with Crippen LogP contribution in [0, 0.1) is 5.92 Å². The van der Waals surface area contributed by atoms with Crippen LogP contribution in [0.15, 0.2) is 28.7 Å². The van der Waals surface area contributed by atoms with Gasteiger partial charge in [0.25, 0.3) is 0 Å². The minimum absolute atomic E-state index is 0.119. The number of benzene rings is 1. The van der Waals surface area contributed by atoms with E-state index in [2.05, 4.69) is 57.8 Å². The fraction of sp³-hybridized carbons (Fsp3) is 0.588. The van der Waals surface area contributed by atoms with Crippen molar-refractivity contribution in [1.82, 2.24) is 10.6 Å². The number of amides is 1. The average Bonchev–Trinajstić information content (AvgIpc) is 2.44. The van der Waals surface area contributed by atoms with E-state index >= 15 is 0 Å². The number of carbonyl (C=O) groups is 1. The molecular formula is C17H23BrN2O. The highest BCUT2D eigenvalue weighted by Crippen LogP contribution is 2.42. The topological polar surface area (TPSA) is 41.1 Å². The second kappa shape index (κ2) is 6.09. The van der Waals surface area contributed by atoms with Gasteiger partial charge in [0.1, 0.15) is 0 Å². The summed E-state index contributed by atoms with van der Waals surface area (Å²) in [5.74, 6) is 0.403. The molecule has 1 heterocycles. The third-order valence-electron chi connectivity index (χ3n) is 4.96. The van der Waals surface area contributed by atoms with E-state index in [0.29, 0.717) is 6.04 Å². The van der Waals surface area contributed by atoms with Gasteiger partial charge in [-0.05, 0) is 63.3 Å². The lowest BCUT2D eigenvalue weighted by Gasteiger charge is -2.44. The molecule has 0 unspecified atom stereocenters. The monoisotopic (exact) mass is 350 g/mol. The number of hydrogen-bond acceptors (Lipinski definition) is 2. The number of rotatable bonds is 3. The van der Waals surface area contributed by atoms with Gasteiger partial charge >= 0.3 is 0 Å². The van der Waals surface area contributed by atoms with Crippen LogP contribution in [0.25, 0.3) is 0 Å². The van der Waals surface area contributed by atoms with E-state index in [1.54, 1.807) is 0 Å². The molecule has 2 fully saturated rings. The molecule has 3 nitrogen and oxygen atoms in total. The van der Waals surface area contributed by atoms with Crippen molar-refractivity contribution in [3.05, 3.63) is 34.3 Å². The van der Waals surface area contributed by atoms with Crippen molar-refractivity contribution in [2.75, 3.05) is 6.54 Å². The lowest BCUT2D eigenvalue weighted by molar-refractivity contribution is -0.129. The van der Waals surface area contributed by atoms with Gasteiger partial charge in [0.15, 0.2) is 0 Å². The maximum absolute atomic E-state index is 12.6. The quantitative estimate of drug-likeness (QED) is 0.877. The number of carbonyl (C=O) groups excluding carboxylic acids is 1. The highest BCUT2D eigenvalue weighted by Gasteiger charge is 2.41. The highest BCUT2D eigenvalue weighted by atomic mass is 79.9. The van der Waals surface area contributed by atoms with Gasteiger partial charge in [-0.25, -0.2) is 0 Å². The minimum atomic E-state index is -0.119. The van der Waals surface area contributed by atoms with Crippen LogP contribution >= 0.6 is 15.9 Å². The first-order valence-electron chi connectivity index (χ1n) is 7.90. The van der Waals surface area contributed by atoms with Crippen LogP contribution in [0.1, 0.15) is 44.6 Å². The van der Waals surface area contributed by atoms with Crippen LogP contribution < -0.4 is 10.6 Å². The van der Waals surface area contributed by atoms with Crippen LogP contribution in [-0.4, -0.2) is 18.5 Å². The summed E-state index contributed by atoms with van der Waals surface area (Å²) in [4.78, 5) is 12.6. The van der Waals surface area contributed by atoms with Crippen LogP contribution in [0.3, 0.4) is 0 Å². The van der Waals surface area contributed by atoms with Gasteiger partial charge in [-0.3, -0.25) is 4.79 Å². The van der Waals surface area contributed by atoms with E-state index in [1.807, 2.05) is 0 Å². The van der Waals surface area contributed by atoms with Crippen molar-refractivity contribution in [1.29, 1.82) is 0 Å². The van der Waals surface area contributed by atoms with Gasteiger partial charge in [0, 0.05) is 16.4 Å². The first-order valence-corrected chi connectivity index (χ1v) is 8.70. The highest BCUT2D eigenvalue weighted by molar-refractivity contribution is 9.10. The Morgan fingerprint density at radius 3 is 2.62 bits per heavy atom. The third-order valence-corrected chi connectivity index (χ3v) is 5.49. The number of halogens is 1. The summed E-state index contributed by atoms with van der Waals surface area (Å²) < 4.78 is 1.08. The largest absolute Gasteiger partial charge is 0.346 e. The van der Waals surface area contributed by atoms with E-state index in [9.17, 15) is 4.79 Å². The zero-order valence-electron chi connectivity index (χ0n) is 12.5. The number of hydrogen-bond donors (Lipinski definition) is 2. The summed E-state index contributed by atoms with van der Waals surface area (Å²) in [7, 11) is 0. The van der Waals surface area contributed by atoms with E-state index in [0.717, 1.165) is 36.7 Å². The normalized spacial score (nSPS) is 27.7. The predicted octanol–water partition coefficient (Wildman–Crippen LogP) is 3.33. The summed E-state index contributed by atoms with van der Waals surface area (Å²) in [6, 6.07) is 8.84. The predicted molar refractivity (Wildman–Crippen MR) is 88.0 cm³/mol. The fourth-order valence-corrected chi connectivity index (χ4v) is 3.76. The zero-order valence-corrected chi connectivity index (χ0v) is 14.1. The molecule has 4 heteroatoms. The molecule has 2 atom stereocenters. The third kappa shape index (κ3) is 3.16. The van der Waals surface area contributed by atoms with Gasteiger partial charge in [-0.15, -0.1) is 0 Å². The average molecular weight is 351 g/mol. The van der Waals surface area contributed by atoms with E-state index in [-0.39, 0.29) is 17.4 Å². The standard InChI is InChI=1S/C17H23BrN2O/c1-12-11-13(7-10-19-12)16(21)20-17(8-2-9-17)14-3-5-15(18)6-4-14/h3-6,12-13,19H,2,7-11H2,1H3,(H,20,21)/t12-,13-/m0/s1. The Hall–Kier alpha value is -0.870. The Balaban J connectivity index is 1.71. The van der Waals surface area contributed by atoms with Gasteiger partial charge in [0.05, 0.1) is 5.54 Å². The smallest absolute Gasteiger partial charge is 0.223 e. The summed E-state index contributed by atoms with van der Waals surface area (Å²) in [6.07, 6.45) is 5.20. The fourth-order valence-electron chi connectivity index (χ4n) is 3.49. The van der Waals surface area contributed by atoms with Crippen molar-refractivity contribution in [2.24, 2.45) is 5.92 Å². The maximum Gasteiger partial charge on any atom is 0.223 e. The van der Waals surface area contributed by atoms with Crippen LogP contribution in [0.2, 0.25) is 0 Å².